The van der Waals surface area contributed by atoms with Crippen LogP contribution in [0.15, 0.2) is 16.7 Å². The molecule has 1 saturated carbocycles. The number of aromatic nitrogens is 1. The molecule has 5 heteroatoms. The van der Waals surface area contributed by atoms with Crippen molar-refractivity contribution in [1.82, 2.24) is 9.88 Å². The van der Waals surface area contributed by atoms with Crippen molar-refractivity contribution in [2.24, 2.45) is 0 Å². The first-order valence-corrected chi connectivity index (χ1v) is 7.42. The average Bonchev–Trinajstić information content (AvgIpc) is 2.87. The van der Waals surface area contributed by atoms with Crippen molar-refractivity contribution in [2.75, 3.05) is 6.54 Å². The second kappa shape index (κ2) is 6.02. The Hall–Kier alpha value is -0.610. The molecule has 0 spiro atoms. The maximum Gasteiger partial charge on any atom is 0.257 e. The minimum Gasteiger partial charge on any atom is -0.336 e. The molecular formula is C13H16BrClN2O. The molecule has 0 unspecified atom stereocenters. The molecule has 1 aromatic heterocycles. The van der Waals surface area contributed by atoms with Crippen molar-refractivity contribution < 1.29 is 4.79 Å². The molecule has 1 aliphatic rings. The lowest BCUT2D eigenvalue weighted by atomic mass is 10.1. The molecule has 0 radical (unpaired) electrons. The maximum atomic E-state index is 12.5. The first kappa shape index (κ1) is 13.8. The summed E-state index contributed by atoms with van der Waals surface area (Å²) in [5.74, 6) is -0.0109. The smallest absolute Gasteiger partial charge is 0.257 e. The van der Waals surface area contributed by atoms with Crippen LogP contribution in [0.2, 0.25) is 5.15 Å². The third kappa shape index (κ3) is 2.86. The van der Waals surface area contributed by atoms with E-state index in [9.17, 15) is 4.79 Å². The van der Waals surface area contributed by atoms with E-state index in [4.69, 9.17) is 11.6 Å². The van der Waals surface area contributed by atoms with Gasteiger partial charge in [-0.3, -0.25) is 4.79 Å². The van der Waals surface area contributed by atoms with Gasteiger partial charge in [-0.2, -0.15) is 0 Å². The van der Waals surface area contributed by atoms with Crippen LogP contribution in [0, 0.1) is 0 Å². The topological polar surface area (TPSA) is 33.2 Å². The van der Waals surface area contributed by atoms with Gasteiger partial charge in [-0.1, -0.05) is 24.4 Å². The second-order valence-electron chi connectivity index (χ2n) is 4.52. The quantitative estimate of drug-likeness (QED) is 0.787. The van der Waals surface area contributed by atoms with Gasteiger partial charge in [0.25, 0.3) is 5.91 Å². The molecule has 0 saturated heterocycles. The van der Waals surface area contributed by atoms with Gasteiger partial charge < -0.3 is 4.90 Å². The molecule has 1 aromatic rings. The summed E-state index contributed by atoms with van der Waals surface area (Å²) in [5.41, 5.74) is 0.486. The highest BCUT2D eigenvalue weighted by Gasteiger charge is 2.27. The molecule has 1 fully saturated rings. The van der Waals surface area contributed by atoms with Gasteiger partial charge in [0.2, 0.25) is 0 Å². The molecule has 1 amide bonds. The molecule has 2 rings (SSSR count). The van der Waals surface area contributed by atoms with E-state index in [1.54, 1.807) is 12.3 Å². The molecule has 98 valence electrons. The van der Waals surface area contributed by atoms with Crippen molar-refractivity contribution in [3.63, 3.8) is 0 Å². The van der Waals surface area contributed by atoms with Gasteiger partial charge in [0.15, 0.2) is 0 Å². The van der Waals surface area contributed by atoms with E-state index in [0.29, 0.717) is 18.2 Å². The van der Waals surface area contributed by atoms with Crippen LogP contribution in [0.3, 0.4) is 0 Å². The lowest BCUT2D eigenvalue weighted by molar-refractivity contribution is 0.0693. The Morgan fingerprint density at radius 2 is 2.22 bits per heavy atom. The zero-order valence-corrected chi connectivity index (χ0v) is 12.7. The van der Waals surface area contributed by atoms with Crippen LogP contribution in [-0.4, -0.2) is 28.4 Å². The first-order chi connectivity index (χ1) is 8.63. The van der Waals surface area contributed by atoms with Crippen LogP contribution in [0.25, 0.3) is 0 Å². The Bertz CT molecular complexity index is 447. The van der Waals surface area contributed by atoms with Crippen LogP contribution >= 0.6 is 27.5 Å². The third-order valence-electron chi connectivity index (χ3n) is 3.40. The number of halogens is 2. The van der Waals surface area contributed by atoms with Gasteiger partial charge in [0, 0.05) is 23.3 Å². The first-order valence-electron chi connectivity index (χ1n) is 6.25. The van der Waals surface area contributed by atoms with Gasteiger partial charge in [-0.25, -0.2) is 4.98 Å². The molecule has 0 aliphatic heterocycles. The van der Waals surface area contributed by atoms with Crippen LogP contribution in [-0.2, 0) is 0 Å². The minimum absolute atomic E-state index is 0.0109. The average molecular weight is 332 g/mol. The molecule has 18 heavy (non-hydrogen) atoms. The van der Waals surface area contributed by atoms with Gasteiger partial charge in [-0.05, 0) is 41.8 Å². The number of hydrogen-bond acceptors (Lipinski definition) is 2. The number of pyridine rings is 1. The highest BCUT2D eigenvalue weighted by Crippen LogP contribution is 2.27. The standard InChI is InChI=1S/C13H16BrClN2O/c1-2-17(10-5-3-4-6-10)13(18)11-7-9(14)8-16-12(11)15/h7-8,10H,2-6H2,1H3. The van der Waals surface area contributed by atoms with E-state index in [1.165, 1.54) is 12.8 Å². The van der Waals surface area contributed by atoms with E-state index in [2.05, 4.69) is 20.9 Å². The summed E-state index contributed by atoms with van der Waals surface area (Å²) in [7, 11) is 0. The fourth-order valence-electron chi connectivity index (χ4n) is 2.51. The summed E-state index contributed by atoms with van der Waals surface area (Å²) in [5, 5.41) is 0.277. The predicted molar refractivity (Wildman–Crippen MR) is 75.9 cm³/mol. The minimum atomic E-state index is -0.0109. The molecular weight excluding hydrogens is 316 g/mol. The number of hydrogen-bond donors (Lipinski definition) is 0. The van der Waals surface area contributed by atoms with Gasteiger partial charge in [0.05, 0.1) is 5.56 Å². The lowest BCUT2D eigenvalue weighted by Crippen LogP contribution is -2.38. The Morgan fingerprint density at radius 1 is 1.56 bits per heavy atom. The Balaban J connectivity index is 2.25. The lowest BCUT2D eigenvalue weighted by Gasteiger charge is -2.28. The van der Waals surface area contributed by atoms with E-state index in [-0.39, 0.29) is 11.1 Å². The molecule has 0 aromatic carbocycles. The van der Waals surface area contributed by atoms with E-state index >= 15 is 0 Å². The van der Waals surface area contributed by atoms with Crippen LogP contribution in [0.4, 0.5) is 0 Å². The SMILES string of the molecule is CCN(C(=O)c1cc(Br)cnc1Cl)C1CCCC1. The highest BCUT2D eigenvalue weighted by molar-refractivity contribution is 9.10. The summed E-state index contributed by atoms with van der Waals surface area (Å²) in [4.78, 5) is 18.4. The van der Waals surface area contributed by atoms with Gasteiger partial charge in [0.1, 0.15) is 5.15 Å². The second-order valence-corrected chi connectivity index (χ2v) is 5.80. The van der Waals surface area contributed by atoms with Crippen molar-refractivity contribution in [3.8, 4) is 0 Å². The number of nitrogens with zero attached hydrogens (tertiary/aromatic N) is 2. The zero-order chi connectivity index (χ0) is 13.1. The monoisotopic (exact) mass is 330 g/mol. The van der Waals surface area contributed by atoms with Gasteiger partial charge in [-0.15, -0.1) is 0 Å². The Kier molecular flexibility index (Phi) is 4.62. The summed E-state index contributed by atoms with van der Waals surface area (Å²) in [6, 6.07) is 2.10. The highest BCUT2D eigenvalue weighted by atomic mass is 79.9. The molecule has 0 N–H and O–H groups in total. The Morgan fingerprint density at radius 3 is 2.83 bits per heavy atom. The van der Waals surface area contributed by atoms with Crippen LogP contribution in [0.1, 0.15) is 43.0 Å². The summed E-state index contributed by atoms with van der Waals surface area (Å²) >= 11 is 9.35. The van der Waals surface area contributed by atoms with Crippen LogP contribution in [0.5, 0.6) is 0 Å². The fraction of sp³-hybridized carbons (Fsp3) is 0.538. The Labute approximate surface area is 121 Å². The van der Waals surface area contributed by atoms with Crippen molar-refractivity contribution in [1.29, 1.82) is 0 Å². The van der Waals surface area contributed by atoms with E-state index < -0.39 is 0 Å². The largest absolute Gasteiger partial charge is 0.336 e. The van der Waals surface area contributed by atoms with Crippen molar-refractivity contribution >= 4 is 33.4 Å². The number of carbonyl (C=O) groups excluding carboxylic acids is 1. The zero-order valence-electron chi connectivity index (χ0n) is 10.3. The third-order valence-corrected chi connectivity index (χ3v) is 4.14. The number of rotatable bonds is 3. The molecule has 0 atom stereocenters. The van der Waals surface area contributed by atoms with Crippen molar-refractivity contribution in [2.45, 2.75) is 38.6 Å². The molecule has 1 aliphatic carbocycles. The predicted octanol–water partition coefficient (Wildman–Crippen LogP) is 3.90. The fourth-order valence-corrected chi connectivity index (χ4v) is 3.03. The van der Waals surface area contributed by atoms with E-state index in [1.807, 2.05) is 11.8 Å². The molecule has 3 nitrogen and oxygen atoms in total. The van der Waals surface area contributed by atoms with E-state index in [0.717, 1.165) is 17.3 Å². The summed E-state index contributed by atoms with van der Waals surface area (Å²) in [6.45, 7) is 2.72. The number of amides is 1. The summed E-state index contributed by atoms with van der Waals surface area (Å²) in [6.07, 6.45) is 6.21. The van der Waals surface area contributed by atoms with Crippen molar-refractivity contribution in [3.05, 3.63) is 27.5 Å². The maximum absolute atomic E-state index is 12.5. The molecule has 1 heterocycles. The van der Waals surface area contributed by atoms with Crippen LogP contribution < -0.4 is 0 Å². The van der Waals surface area contributed by atoms with Gasteiger partial charge >= 0.3 is 0 Å². The molecule has 0 bridgehead atoms. The normalized spacial score (nSPS) is 15.9. The summed E-state index contributed by atoms with van der Waals surface area (Å²) < 4.78 is 0.776. The number of carbonyl (C=O) groups is 1.